The van der Waals surface area contributed by atoms with Gasteiger partial charge in [-0.25, -0.2) is 0 Å². The first-order valence-corrected chi connectivity index (χ1v) is 13.7. The van der Waals surface area contributed by atoms with Crippen LogP contribution in [0.15, 0.2) is 66.7 Å². The van der Waals surface area contributed by atoms with Gasteiger partial charge in [0.05, 0.1) is 28.8 Å². The smallest absolute Gasteiger partial charge is 0.316 e. The summed E-state index contributed by atoms with van der Waals surface area (Å²) in [5.74, 6) is -0.124. The molecule has 0 saturated heterocycles. The molecule has 1 aromatic heterocycles. The van der Waals surface area contributed by atoms with Gasteiger partial charge < -0.3 is 14.8 Å². The normalized spacial score (nSPS) is 13.1. The van der Waals surface area contributed by atoms with Crippen LogP contribution < -0.4 is 5.32 Å². The highest BCUT2D eigenvalue weighted by Gasteiger charge is 2.52. The van der Waals surface area contributed by atoms with E-state index >= 15 is 0 Å². The number of methoxy groups -OCH3 is 1. The van der Waals surface area contributed by atoms with Crippen molar-refractivity contribution in [2.45, 2.75) is 45.6 Å². The van der Waals surface area contributed by atoms with Crippen molar-refractivity contribution in [3.63, 3.8) is 0 Å². The van der Waals surface area contributed by atoms with Crippen LogP contribution in [0.4, 0.5) is 5.69 Å². The summed E-state index contributed by atoms with van der Waals surface area (Å²) in [7, 11) is 3.40. The average Bonchev–Trinajstić information content (AvgIpc) is 3.69. The average molecular weight is 543 g/mol. The van der Waals surface area contributed by atoms with E-state index in [0.29, 0.717) is 13.1 Å². The maximum atomic E-state index is 12.1. The fourth-order valence-electron chi connectivity index (χ4n) is 4.75. The summed E-state index contributed by atoms with van der Waals surface area (Å²) in [5.41, 5.74) is 9.71. The highest BCUT2D eigenvalue weighted by Crippen LogP contribution is 2.49. The molecule has 202 valence electrons. The zero-order valence-corrected chi connectivity index (χ0v) is 23.9. The van der Waals surface area contributed by atoms with E-state index in [1.807, 2.05) is 45.2 Å². The van der Waals surface area contributed by atoms with Gasteiger partial charge in [0.1, 0.15) is 6.61 Å². The molecule has 1 heterocycles. The third kappa shape index (κ3) is 6.04. The van der Waals surface area contributed by atoms with Crippen LogP contribution in [-0.4, -0.2) is 31.0 Å². The first-order valence-electron chi connectivity index (χ1n) is 12.9. The van der Waals surface area contributed by atoms with Crippen LogP contribution >= 0.6 is 11.5 Å². The molecule has 0 radical (unpaired) electrons. The van der Waals surface area contributed by atoms with Gasteiger partial charge in [0.2, 0.25) is 0 Å². The van der Waals surface area contributed by atoms with Crippen LogP contribution in [0.1, 0.15) is 40.8 Å². The van der Waals surface area contributed by atoms with Gasteiger partial charge in [-0.3, -0.25) is 9.59 Å². The lowest BCUT2D eigenvalue weighted by atomic mass is 9.93. The number of nitrogens with zero attached hydrogens (tertiary/aromatic N) is 1. The fraction of sp³-hybridized carbons (Fsp3) is 0.281. The lowest BCUT2D eigenvalue weighted by molar-refractivity contribution is -0.143. The summed E-state index contributed by atoms with van der Waals surface area (Å²) in [4.78, 5) is 23.1. The number of hydrogen-bond acceptors (Lipinski definition) is 7. The van der Waals surface area contributed by atoms with E-state index in [9.17, 15) is 9.59 Å². The van der Waals surface area contributed by atoms with Crippen molar-refractivity contribution in [3.05, 3.63) is 94.7 Å². The Morgan fingerprint density at radius 2 is 1.69 bits per heavy atom. The second-order valence-electron chi connectivity index (χ2n) is 9.74. The maximum Gasteiger partial charge on any atom is 0.316 e. The molecule has 0 aliphatic heterocycles. The number of carbonyl (C=O) groups is 2. The Kier molecular flexibility index (Phi) is 8.82. The Morgan fingerprint density at radius 1 is 1.00 bits per heavy atom. The van der Waals surface area contributed by atoms with Gasteiger partial charge in [-0.15, -0.1) is 0 Å². The summed E-state index contributed by atoms with van der Waals surface area (Å²) >= 11 is 1.53. The lowest BCUT2D eigenvalue weighted by Gasteiger charge is -2.14. The van der Waals surface area contributed by atoms with E-state index in [1.54, 1.807) is 0 Å². The molecule has 1 aliphatic carbocycles. The molecule has 6 nitrogen and oxygen atoms in total. The zero-order chi connectivity index (χ0) is 28.0. The summed E-state index contributed by atoms with van der Waals surface area (Å²) in [6.45, 7) is 6.99. The van der Waals surface area contributed by atoms with Gasteiger partial charge in [-0.2, -0.15) is 4.37 Å². The first-order chi connectivity index (χ1) is 18.8. The number of hydrogen-bond donors (Lipinski definition) is 1. The summed E-state index contributed by atoms with van der Waals surface area (Å²) in [5, 5.41) is 3.27. The number of carbonyl (C=O) groups excluding carboxylic acids is 2. The SMILES string of the molecule is CNc1c(C)nsc1-c1ccc(-c2ccc(C3(C(=O)OC)CC3)cc2)cc1C.Cc1ccccc1COC=O. The molecule has 1 aliphatic rings. The Balaban J connectivity index is 0.000000270. The van der Waals surface area contributed by atoms with E-state index in [-0.39, 0.29) is 5.97 Å². The standard InChI is InChI=1S/C23H24N2O2S.C9H10O2/c1-14-13-17(7-10-19(14)21-20(24-3)15(2)25-28-21)16-5-8-18(9-6-16)23(11-12-23)22(26)27-4;1-8-4-2-3-5-9(8)6-11-7-10/h5-10,13,24H,11-12H2,1-4H3;2-5,7H,6H2,1H3. The summed E-state index contributed by atoms with van der Waals surface area (Å²) in [6.07, 6.45) is 1.74. The number of ether oxygens (including phenoxy) is 2. The van der Waals surface area contributed by atoms with Gasteiger partial charge in [0, 0.05) is 7.05 Å². The van der Waals surface area contributed by atoms with Crippen LogP contribution in [0.3, 0.4) is 0 Å². The topological polar surface area (TPSA) is 77.5 Å². The zero-order valence-electron chi connectivity index (χ0n) is 23.0. The Hall–Kier alpha value is -3.97. The second-order valence-corrected chi connectivity index (χ2v) is 10.5. The van der Waals surface area contributed by atoms with E-state index in [4.69, 9.17) is 4.74 Å². The molecule has 1 N–H and O–H groups in total. The van der Waals surface area contributed by atoms with Gasteiger partial charge in [-0.1, -0.05) is 66.7 Å². The minimum Gasteiger partial charge on any atom is -0.468 e. The number of anilines is 1. The molecule has 0 atom stereocenters. The van der Waals surface area contributed by atoms with Crippen LogP contribution in [0.25, 0.3) is 21.6 Å². The molecule has 5 rings (SSSR count). The Morgan fingerprint density at radius 3 is 2.28 bits per heavy atom. The van der Waals surface area contributed by atoms with E-state index in [1.165, 1.54) is 40.2 Å². The fourth-order valence-corrected chi connectivity index (χ4v) is 5.74. The molecule has 0 spiro atoms. The molecule has 0 amide bonds. The number of aromatic nitrogens is 1. The minimum absolute atomic E-state index is 0.124. The Labute approximate surface area is 234 Å². The third-order valence-electron chi connectivity index (χ3n) is 7.25. The van der Waals surface area contributed by atoms with Gasteiger partial charge in [-0.05, 0) is 84.1 Å². The highest BCUT2D eigenvalue weighted by molar-refractivity contribution is 7.10. The molecule has 1 fully saturated rings. The lowest BCUT2D eigenvalue weighted by Crippen LogP contribution is -2.21. The number of esters is 1. The van der Waals surface area contributed by atoms with Crippen LogP contribution in [0, 0.1) is 20.8 Å². The number of rotatable bonds is 8. The molecule has 3 aromatic carbocycles. The number of benzene rings is 3. The minimum atomic E-state index is -0.416. The molecular weight excluding hydrogens is 508 g/mol. The molecule has 0 unspecified atom stereocenters. The second kappa shape index (κ2) is 12.3. The molecule has 0 bridgehead atoms. The monoisotopic (exact) mass is 542 g/mol. The summed E-state index contributed by atoms with van der Waals surface area (Å²) < 4.78 is 14.1. The van der Waals surface area contributed by atoms with Gasteiger partial charge in [0.15, 0.2) is 0 Å². The van der Waals surface area contributed by atoms with Crippen molar-refractivity contribution in [3.8, 4) is 21.6 Å². The van der Waals surface area contributed by atoms with Crippen LogP contribution in [0.2, 0.25) is 0 Å². The first kappa shape index (κ1) is 28.0. The van der Waals surface area contributed by atoms with E-state index in [2.05, 4.69) is 63.8 Å². The largest absolute Gasteiger partial charge is 0.468 e. The number of nitrogens with one attached hydrogen (secondary N) is 1. The van der Waals surface area contributed by atoms with Crippen molar-refractivity contribution < 1.29 is 19.1 Å². The van der Waals surface area contributed by atoms with Crippen molar-refractivity contribution in [2.24, 2.45) is 0 Å². The van der Waals surface area contributed by atoms with E-state index in [0.717, 1.165) is 46.5 Å². The van der Waals surface area contributed by atoms with Crippen molar-refractivity contribution in [1.29, 1.82) is 0 Å². The third-order valence-corrected chi connectivity index (χ3v) is 8.22. The van der Waals surface area contributed by atoms with Crippen LogP contribution in [0.5, 0.6) is 0 Å². The predicted octanol–water partition coefficient (Wildman–Crippen LogP) is 7.01. The molecule has 7 heteroatoms. The van der Waals surface area contributed by atoms with Crippen LogP contribution in [-0.2, 0) is 31.1 Å². The van der Waals surface area contributed by atoms with Gasteiger partial charge in [0.25, 0.3) is 6.47 Å². The van der Waals surface area contributed by atoms with Crippen molar-refractivity contribution >= 4 is 29.7 Å². The predicted molar refractivity (Wildman–Crippen MR) is 157 cm³/mol. The number of aryl methyl sites for hydroxylation is 3. The van der Waals surface area contributed by atoms with Crippen molar-refractivity contribution in [1.82, 2.24) is 4.37 Å². The maximum absolute atomic E-state index is 12.1. The summed E-state index contributed by atoms with van der Waals surface area (Å²) in [6, 6.07) is 22.7. The molecule has 4 aromatic rings. The molecular formula is C32H34N2O4S. The Bertz CT molecular complexity index is 1460. The van der Waals surface area contributed by atoms with E-state index < -0.39 is 5.41 Å². The molecule has 39 heavy (non-hydrogen) atoms. The van der Waals surface area contributed by atoms with Crippen molar-refractivity contribution in [2.75, 3.05) is 19.5 Å². The quantitative estimate of drug-likeness (QED) is 0.191. The molecule has 1 saturated carbocycles. The highest BCUT2D eigenvalue weighted by atomic mass is 32.1. The van der Waals surface area contributed by atoms with Gasteiger partial charge >= 0.3 is 5.97 Å².